The predicted molar refractivity (Wildman–Crippen MR) is 58.6 cm³/mol. The number of amides is 1. The van der Waals surface area contributed by atoms with E-state index in [4.69, 9.17) is 0 Å². The van der Waals surface area contributed by atoms with E-state index >= 15 is 0 Å². The minimum Gasteiger partial charge on any atom is -0.450 e. The van der Waals surface area contributed by atoms with E-state index in [1.165, 1.54) is 13.1 Å². The van der Waals surface area contributed by atoms with Gasteiger partial charge in [-0.25, -0.2) is 13.6 Å². The zero-order valence-electron chi connectivity index (χ0n) is 9.76. The number of rotatable bonds is 7. The number of hydrogen-bond donors (Lipinski definition) is 1. The van der Waals surface area contributed by atoms with Crippen LogP contribution in [0, 0.1) is 0 Å². The first-order valence-electron chi connectivity index (χ1n) is 5.42. The molecule has 16 heavy (non-hydrogen) atoms. The molecule has 0 fully saturated rings. The van der Waals surface area contributed by atoms with Gasteiger partial charge in [-0.15, -0.1) is 0 Å². The second-order valence-electron chi connectivity index (χ2n) is 3.44. The highest BCUT2D eigenvalue weighted by atomic mass is 19.3. The minimum absolute atomic E-state index is 0.0108. The molecule has 0 aliphatic carbocycles. The Morgan fingerprint density at radius 2 is 2.19 bits per heavy atom. The van der Waals surface area contributed by atoms with Gasteiger partial charge in [-0.3, -0.25) is 0 Å². The van der Waals surface area contributed by atoms with Gasteiger partial charge in [0.1, 0.15) is 0 Å². The molecule has 3 nitrogen and oxygen atoms in total. The van der Waals surface area contributed by atoms with Crippen LogP contribution in [0.4, 0.5) is 13.6 Å². The fourth-order valence-electron chi connectivity index (χ4n) is 1.05. The van der Waals surface area contributed by atoms with E-state index in [-0.39, 0.29) is 19.4 Å². The highest BCUT2D eigenvalue weighted by Gasteiger charge is 2.23. The first-order valence-corrected chi connectivity index (χ1v) is 5.42. The van der Waals surface area contributed by atoms with Crippen LogP contribution in [-0.4, -0.2) is 25.7 Å². The maximum atomic E-state index is 13.1. The summed E-state index contributed by atoms with van der Waals surface area (Å²) >= 11 is 0. The lowest BCUT2D eigenvalue weighted by Crippen LogP contribution is -2.20. The van der Waals surface area contributed by atoms with Gasteiger partial charge in [0.05, 0.1) is 6.61 Å². The SMILES string of the molecule is CCC/C=C\C(F)(F)CCCOC(=O)NC. The van der Waals surface area contributed by atoms with Crippen molar-refractivity contribution >= 4 is 6.09 Å². The maximum absolute atomic E-state index is 13.1. The zero-order chi connectivity index (χ0) is 12.4. The Balaban J connectivity index is 3.69. The number of hydrogen-bond acceptors (Lipinski definition) is 2. The third-order valence-corrected chi connectivity index (χ3v) is 1.91. The van der Waals surface area contributed by atoms with Gasteiger partial charge in [-0.2, -0.15) is 0 Å². The van der Waals surface area contributed by atoms with E-state index < -0.39 is 12.0 Å². The fourth-order valence-corrected chi connectivity index (χ4v) is 1.05. The third kappa shape index (κ3) is 8.20. The minimum atomic E-state index is -2.80. The summed E-state index contributed by atoms with van der Waals surface area (Å²) < 4.78 is 30.8. The molecule has 0 aromatic rings. The van der Waals surface area contributed by atoms with Gasteiger partial charge in [0.2, 0.25) is 0 Å². The molecular weight excluding hydrogens is 216 g/mol. The molecule has 0 bridgehead atoms. The van der Waals surface area contributed by atoms with Gasteiger partial charge >= 0.3 is 6.09 Å². The molecule has 0 spiro atoms. The Morgan fingerprint density at radius 1 is 1.50 bits per heavy atom. The molecule has 0 aromatic carbocycles. The molecule has 94 valence electrons. The topological polar surface area (TPSA) is 38.3 Å². The van der Waals surface area contributed by atoms with Crippen LogP contribution in [-0.2, 0) is 4.74 Å². The summed E-state index contributed by atoms with van der Waals surface area (Å²) in [5.74, 6) is -2.80. The first-order chi connectivity index (χ1) is 7.52. The average molecular weight is 235 g/mol. The lowest BCUT2D eigenvalue weighted by atomic mass is 10.1. The van der Waals surface area contributed by atoms with Crippen LogP contribution < -0.4 is 5.32 Å². The van der Waals surface area contributed by atoms with Crippen LogP contribution in [0.15, 0.2) is 12.2 Å². The van der Waals surface area contributed by atoms with Crippen LogP contribution in [0.2, 0.25) is 0 Å². The number of halogens is 2. The Morgan fingerprint density at radius 3 is 2.75 bits per heavy atom. The van der Waals surface area contributed by atoms with Crippen molar-refractivity contribution in [3.05, 3.63) is 12.2 Å². The van der Waals surface area contributed by atoms with Gasteiger partial charge in [0.25, 0.3) is 5.92 Å². The number of alkyl carbamates (subject to hydrolysis) is 1. The maximum Gasteiger partial charge on any atom is 0.406 e. The van der Waals surface area contributed by atoms with E-state index in [0.29, 0.717) is 6.42 Å². The van der Waals surface area contributed by atoms with Crippen molar-refractivity contribution in [2.75, 3.05) is 13.7 Å². The summed E-state index contributed by atoms with van der Waals surface area (Å²) in [6.45, 7) is 1.94. The quantitative estimate of drug-likeness (QED) is 0.544. The number of carbonyl (C=O) groups is 1. The highest BCUT2D eigenvalue weighted by Crippen LogP contribution is 2.22. The molecule has 1 N–H and O–H groups in total. The summed E-state index contributed by atoms with van der Waals surface area (Å²) in [4.78, 5) is 10.6. The van der Waals surface area contributed by atoms with E-state index in [1.54, 1.807) is 0 Å². The molecule has 0 heterocycles. The van der Waals surface area contributed by atoms with E-state index in [2.05, 4.69) is 10.1 Å². The molecule has 0 radical (unpaired) electrons. The van der Waals surface area contributed by atoms with Crippen molar-refractivity contribution in [2.45, 2.75) is 38.5 Å². The number of carbonyl (C=O) groups excluding carboxylic acids is 1. The van der Waals surface area contributed by atoms with Crippen LogP contribution in [0.1, 0.15) is 32.6 Å². The van der Waals surface area contributed by atoms with Crippen LogP contribution in [0.3, 0.4) is 0 Å². The van der Waals surface area contributed by atoms with Crippen molar-refractivity contribution in [2.24, 2.45) is 0 Å². The Bertz CT molecular complexity index is 230. The van der Waals surface area contributed by atoms with Crippen molar-refractivity contribution < 1.29 is 18.3 Å². The van der Waals surface area contributed by atoms with Gasteiger partial charge in [0.15, 0.2) is 0 Å². The normalized spacial score (nSPS) is 11.8. The first kappa shape index (κ1) is 14.9. The molecule has 0 unspecified atom stereocenters. The Kier molecular flexibility index (Phi) is 7.50. The molecular formula is C11H19F2NO2. The van der Waals surface area contributed by atoms with Gasteiger partial charge in [0, 0.05) is 13.5 Å². The smallest absolute Gasteiger partial charge is 0.406 e. The standard InChI is InChI=1S/C11H19F2NO2/c1-3-4-5-7-11(12,13)8-6-9-16-10(15)14-2/h5,7H,3-4,6,8-9H2,1-2H3,(H,14,15)/b7-5-. The number of alkyl halides is 2. The molecule has 1 amide bonds. The number of unbranched alkanes of at least 4 members (excludes halogenated alkanes) is 1. The number of nitrogens with one attached hydrogen (secondary N) is 1. The van der Waals surface area contributed by atoms with Gasteiger partial charge < -0.3 is 10.1 Å². The summed E-state index contributed by atoms with van der Waals surface area (Å²) in [7, 11) is 1.42. The molecule has 0 aliphatic heterocycles. The van der Waals surface area contributed by atoms with Gasteiger partial charge in [-0.1, -0.05) is 19.4 Å². The number of ether oxygens (including phenoxy) is 1. The number of allylic oxidation sites excluding steroid dienone is 2. The summed E-state index contributed by atoms with van der Waals surface area (Å²) in [5.41, 5.74) is 0. The second kappa shape index (κ2) is 8.07. The molecule has 0 saturated heterocycles. The summed E-state index contributed by atoms with van der Waals surface area (Å²) in [5, 5.41) is 2.24. The molecule has 0 atom stereocenters. The monoisotopic (exact) mass is 235 g/mol. The van der Waals surface area contributed by atoms with E-state index in [1.807, 2.05) is 6.92 Å². The molecule has 0 rings (SSSR count). The second-order valence-corrected chi connectivity index (χ2v) is 3.44. The van der Waals surface area contributed by atoms with E-state index in [9.17, 15) is 13.6 Å². The Labute approximate surface area is 94.9 Å². The highest BCUT2D eigenvalue weighted by molar-refractivity contribution is 5.66. The fraction of sp³-hybridized carbons (Fsp3) is 0.727. The molecule has 0 saturated carbocycles. The van der Waals surface area contributed by atoms with Gasteiger partial charge in [-0.05, 0) is 18.9 Å². The summed E-state index contributed by atoms with van der Waals surface area (Å²) in [6.07, 6.45) is 3.18. The van der Waals surface area contributed by atoms with Crippen LogP contribution in [0.25, 0.3) is 0 Å². The van der Waals surface area contributed by atoms with Crippen molar-refractivity contribution in [1.82, 2.24) is 5.32 Å². The van der Waals surface area contributed by atoms with Crippen LogP contribution in [0.5, 0.6) is 0 Å². The third-order valence-electron chi connectivity index (χ3n) is 1.91. The molecule has 0 aromatic heterocycles. The lowest BCUT2D eigenvalue weighted by molar-refractivity contribution is 0.0359. The molecule has 0 aliphatic rings. The van der Waals surface area contributed by atoms with E-state index in [0.717, 1.165) is 12.5 Å². The Hall–Kier alpha value is -1.13. The van der Waals surface area contributed by atoms with Crippen LogP contribution >= 0.6 is 0 Å². The molecule has 5 heteroatoms. The van der Waals surface area contributed by atoms with Crippen molar-refractivity contribution in [3.8, 4) is 0 Å². The summed E-state index contributed by atoms with van der Waals surface area (Å²) in [6, 6.07) is 0. The largest absolute Gasteiger partial charge is 0.450 e. The average Bonchev–Trinajstić information content (AvgIpc) is 2.24. The van der Waals surface area contributed by atoms with Crippen molar-refractivity contribution in [1.29, 1.82) is 0 Å². The predicted octanol–water partition coefficient (Wildman–Crippen LogP) is 3.11. The zero-order valence-corrected chi connectivity index (χ0v) is 9.76. The van der Waals surface area contributed by atoms with Crippen molar-refractivity contribution in [3.63, 3.8) is 0 Å². The lowest BCUT2D eigenvalue weighted by Gasteiger charge is -2.11.